The second-order valence-corrected chi connectivity index (χ2v) is 9.89. The smallest absolute Gasteiger partial charge is 0.231 e. The third-order valence-electron chi connectivity index (χ3n) is 6.12. The normalized spacial score (nSPS) is 13.8. The van der Waals surface area contributed by atoms with E-state index in [1.165, 1.54) is 23.5 Å². The highest BCUT2D eigenvalue weighted by molar-refractivity contribution is 7.15. The van der Waals surface area contributed by atoms with Crippen molar-refractivity contribution in [2.24, 2.45) is 0 Å². The Hall–Kier alpha value is -4.32. The maximum absolute atomic E-state index is 13.0. The molecule has 4 aromatic rings. The van der Waals surface area contributed by atoms with E-state index in [0.717, 1.165) is 42.3 Å². The number of aromatic nitrogens is 5. The molecule has 5 rings (SSSR count). The Morgan fingerprint density at radius 3 is 2.39 bits per heavy atom. The summed E-state index contributed by atoms with van der Waals surface area (Å²) in [5.41, 5.74) is 1.41. The van der Waals surface area contributed by atoms with Crippen LogP contribution in [-0.4, -0.2) is 50.3 Å². The third kappa shape index (κ3) is 6.71. The molecule has 1 saturated heterocycles. The summed E-state index contributed by atoms with van der Waals surface area (Å²) in [7, 11) is 0. The fourth-order valence-electron chi connectivity index (χ4n) is 4.17. The molecule has 10 nitrogen and oxygen atoms in total. The molecule has 12 heteroatoms. The number of benzene rings is 1. The van der Waals surface area contributed by atoms with Crippen molar-refractivity contribution in [1.82, 2.24) is 25.4 Å². The molecule has 194 valence electrons. The molecule has 1 aliphatic heterocycles. The minimum atomic E-state index is -0.334. The second kappa shape index (κ2) is 11.8. The number of piperidine rings is 1. The molecule has 2 N–H and O–H groups in total. The number of nitrogens with zero attached hydrogens (tertiary/aromatic N) is 6. The number of hydrogen-bond acceptors (Lipinski definition) is 9. The minimum Gasteiger partial charge on any atom is -0.355 e. The van der Waals surface area contributed by atoms with Gasteiger partial charge in [0.25, 0.3) is 0 Å². The van der Waals surface area contributed by atoms with Crippen LogP contribution in [0, 0.1) is 5.82 Å². The topological polar surface area (TPSA) is 126 Å². The molecule has 3 aromatic heterocycles. The summed E-state index contributed by atoms with van der Waals surface area (Å²) in [6, 6.07) is 14.9. The van der Waals surface area contributed by atoms with Crippen molar-refractivity contribution >= 4 is 39.9 Å². The van der Waals surface area contributed by atoms with E-state index in [-0.39, 0.29) is 36.4 Å². The molecule has 0 spiro atoms. The van der Waals surface area contributed by atoms with E-state index in [1.807, 2.05) is 12.1 Å². The predicted molar refractivity (Wildman–Crippen MR) is 141 cm³/mol. The van der Waals surface area contributed by atoms with Crippen molar-refractivity contribution < 1.29 is 14.0 Å². The van der Waals surface area contributed by atoms with Gasteiger partial charge in [0.15, 0.2) is 11.6 Å². The predicted octanol–water partition coefficient (Wildman–Crippen LogP) is 3.61. The van der Waals surface area contributed by atoms with Crippen molar-refractivity contribution in [2.75, 3.05) is 28.6 Å². The zero-order valence-electron chi connectivity index (χ0n) is 20.4. The number of nitrogens with one attached hydrogen (secondary N) is 2. The van der Waals surface area contributed by atoms with Crippen LogP contribution in [0.2, 0.25) is 0 Å². The van der Waals surface area contributed by atoms with Crippen LogP contribution < -0.4 is 15.5 Å². The summed E-state index contributed by atoms with van der Waals surface area (Å²) < 4.78 is 13.0. The van der Waals surface area contributed by atoms with Crippen LogP contribution in [0.15, 0.2) is 60.8 Å². The highest BCUT2D eigenvalue weighted by atomic mass is 32.1. The third-order valence-corrected chi connectivity index (χ3v) is 7.12. The van der Waals surface area contributed by atoms with Gasteiger partial charge >= 0.3 is 0 Å². The summed E-state index contributed by atoms with van der Waals surface area (Å²) in [5.74, 6) is 0.631. The van der Waals surface area contributed by atoms with Crippen LogP contribution in [-0.2, 0) is 22.4 Å². The molecular formula is C26H25FN8O2S. The van der Waals surface area contributed by atoms with Crippen LogP contribution in [0.4, 0.5) is 21.2 Å². The fraction of sp³-hybridized carbons (Fsp3) is 0.269. The van der Waals surface area contributed by atoms with Gasteiger partial charge in [-0.15, -0.1) is 20.4 Å². The van der Waals surface area contributed by atoms with Crippen molar-refractivity contribution in [3.8, 4) is 0 Å². The van der Waals surface area contributed by atoms with Crippen LogP contribution >= 0.6 is 11.3 Å². The highest BCUT2D eigenvalue weighted by Gasteiger charge is 2.25. The average Bonchev–Trinajstić information content (AvgIpc) is 3.39. The van der Waals surface area contributed by atoms with Crippen LogP contribution in [0.3, 0.4) is 0 Å². The number of carbonyl (C=O) groups excluding carboxylic acids is 2. The number of carbonyl (C=O) groups is 2. The summed E-state index contributed by atoms with van der Waals surface area (Å²) in [6.07, 6.45) is 3.69. The Labute approximate surface area is 222 Å². The number of anilines is 3. The van der Waals surface area contributed by atoms with Crippen LogP contribution in [0.5, 0.6) is 0 Å². The lowest BCUT2D eigenvalue weighted by atomic mass is 9.98. The van der Waals surface area contributed by atoms with Crippen LogP contribution in [0.25, 0.3) is 0 Å². The SMILES string of the molecule is O=C(Cc1ccccn1)Nc1ccc(N2CCC(c3nnc(NC(=O)Cc4ccc(F)cc4)s3)CC2)nn1. The Kier molecular flexibility index (Phi) is 7.88. The van der Waals surface area contributed by atoms with Gasteiger partial charge in [-0.3, -0.25) is 14.6 Å². The first kappa shape index (κ1) is 25.3. The molecule has 0 radical (unpaired) electrons. The Morgan fingerprint density at radius 1 is 0.895 bits per heavy atom. The maximum atomic E-state index is 13.0. The second-order valence-electron chi connectivity index (χ2n) is 8.88. The molecular weight excluding hydrogens is 507 g/mol. The molecule has 4 heterocycles. The molecule has 1 aliphatic rings. The van der Waals surface area contributed by atoms with E-state index >= 15 is 0 Å². The van der Waals surface area contributed by atoms with Crippen molar-refractivity contribution in [2.45, 2.75) is 31.6 Å². The van der Waals surface area contributed by atoms with Gasteiger partial charge < -0.3 is 15.5 Å². The van der Waals surface area contributed by atoms with Gasteiger partial charge in [-0.2, -0.15) is 0 Å². The fourth-order valence-corrected chi connectivity index (χ4v) is 5.10. The largest absolute Gasteiger partial charge is 0.355 e. The molecule has 2 amide bonds. The average molecular weight is 533 g/mol. The number of hydrogen-bond donors (Lipinski definition) is 2. The maximum Gasteiger partial charge on any atom is 0.231 e. The summed E-state index contributed by atoms with van der Waals surface area (Å²) in [5, 5.41) is 23.7. The summed E-state index contributed by atoms with van der Waals surface area (Å²) in [4.78, 5) is 30.8. The zero-order chi connectivity index (χ0) is 26.3. The molecule has 1 fully saturated rings. The lowest BCUT2D eigenvalue weighted by Gasteiger charge is -2.31. The number of pyridine rings is 1. The van der Waals surface area contributed by atoms with Crippen molar-refractivity contribution in [1.29, 1.82) is 0 Å². The first-order chi connectivity index (χ1) is 18.5. The van der Waals surface area contributed by atoms with Crippen molar-refractivity contribution in [3.63, 3.8) is 0 Å². The van der Waals surface area contributed by atoms with Gasteiger partial charge in [0, 0.05) is 30.9 Å². The van der Waals surface area contributed by atoms with E-state index in [1.54, 1.807) is 36.5 Å². The van der Waals surface area contributed by atoms with Gasteiger partial charge in [0.2, 0.25) is 16.9 Å². The first-order valence-electron chi connectivity index (χ1n) is 12.2. The molecule has 1 aromatic carbocycles. The number of amides is 2. The summed E-state index contributed by atoms with van der Waals surface area (Å²) >= 11 is 1.38. The molecule has 0 atom stereocenters. The van der Waals surface area contributed by atoms with E-state index < -0.39 is 0 Å². The van der Waals surface area contributed by atoms with E-state index in [0.29, 0.717) is 16.6 Å². The van der Waals surface area contributed by atoms with Gasteiger partial charge in [-0.1, -0.05) is 29.5 Å². The monoisotopic (exact) mass is 532 g/mol. The van der Waals surface area contributed by atoms with Crippen molar-refractivity contribution in [3.05, 3.63) is 82.9 Å². The summed E-state index contributed by atoms with van der Waals surface area (Å²) in [6.45, 7) is 1.55. The Morgan fingerprint density at radius 2 is 1.68 bits per heavy atom. The minimum absolute atomic E-state index is 0.140. The molecule has 0 unspecified atom stereocenters. The molecule has 0 aliphatic carbocycles. The quantitative estimate of drug-likeness (QED) is 0.353. The van der Waals surface area contributed by atoms with Crippen LogP contribution in [0.1, 0.15) is 35.0 Å². The highest BCUT2D eigenvalue weighted by Crippen LogP contribution is 2.33. The van der Waals surface area contributed by atoms with Gasteiger partial charge in [0.1, 0.15) is 10.8 Å². The van der Waals surface area contributed by atoms with Gasteiger partial charge in [-0.05, 0) is 54.8 Å². The Balaban J connectivity index is 1.09. The number of rotatable bonds is 8. The van der Waals surface area contributed by atoms with E-state index in [4.69, 9.17) is 0 Å². The Bertz CT molecular complexity index is 1370. The molecule has 38 heavy (non-hydrogen) atoms. The number of halogens is 1. The van der Waals surface area contributed by atoms with Gasteiger partial charge in [0.05, 0.1) is 12.8 Å². The lowest BCUT2D eigenvalue weighted by Crippen LogP contribution is -2.33. The van der Waals surface area contributed by atoms with E-state index in [9.17, 15) is 14.0 Å². The molecule has 0 bridgehead atoms. The van der Waals surface area contributed by atoms with Gasteiger partial charge in [-0.25, -0.2) is 4.39 Å². The first-order valence-corrected chi connectivity index (χ1v) is 13.0. The molecule has 0 saturated carbocycles. The standard InChI is InChI=1S/C26H25FN8O2S/c27-19-6-4-17(5-7-19)15-23(36)30-26-34-33-25(38-26)18-10-13-35(14-11-18)22-9-8-21(31-32-22)29-24(37)16-20-3-1-2-12-28-20/h1-9,12,18H,10-11,13-16H2,(H,29,31,37)(H,30,34,36). The lowest BCUT2D eigenvalue weighted by molar-refractivity contribution is -0.116. The zero-order valence-corrected chi connectivity index (χ0v) is 21.2. The van der Waals surface area contributed by atoms with E-state index in [2.05, 4.69) is 40.9 Å².